The molecule has 0 aliphatic carbocycles. The topological polar surface area (TPSA) is 51.6 Å². The maximum absolute atomic E-state index is 4.20. The van der Waals surface area contributed by atoms with Gasteiger partial charge in [-0.3, -0.25) is 0 Å². The van der Waals surface area contributed by atoms with Crippen LogP contribution in [0.15, 0.2) is 12.2 Å². The SMILES string of the molecule is CC1CC=C(c2nnc(C3=CCC(I)S3)nn2)S1. The first-order valence-corrected chi connectivity index (χ1v) is 8.68. The van der Waals surface area contributed by atoms with Crippen molar-refractivity contribution >= 4 is 55.9 Å². The van der Waals surface area contributed by atoms with Gasteiger partial charge in [0.2, 0.25) is 11.6 Å². The Morgan fingerprint density at radius 1 is 1.00 bits per heavy atom. The van der Waals surface area contributed by atoms with E-state index in [0.717, 1.165) is 22.7 Å². The molecule has 2 aliphatic heterocycles. The van der Waals surface area contributed by atoms with Crippen LogP contribution < -0.4 is 0 Å². The summed E-state index contributed by atoms with van der Waals surface area (Å²) in [6, 6.07) is 0. The van der Waals surface area contributed by atoms with Crippen molar-refractivity contribution in [2.75, 3.05) is 0 Å². The van der Waals surface area contributed by atoms with Crippen molar-refractivity contribution in [1.29, 1.82) is 0 Å². The molecule has 2 aliphatic rings. The Hall–Kier alpha value is -0.150. The Morgan fingerprint density at radius 2 is 1.56 bits per heavy atom. The maximum Gasteiger partial charge on any atom is 0.209 e. The number of alkyl halides is 1. The third-order valence-electron chi connectivity index (χ3n) is 2.63. The number of halogens is 1. The molecule has 4 nitrogen and oxygen atoms in total. The minimum absolute atomic E-state index is 0.579. The summed E-state index contributed by atoms with van der Waals surface area (Å²) < 4.78 is 0.579. The monoisotopic (exact) mass is 390 g/mol. The lowest BCUT2D eigenvalue weighted by molar-refractivity contribution is 0.823. The van der Waals surface area contributed by atoms with Crippen LogP contribution in [0, 0.1) is 0 Å². The summed E-state index contributed by atoms with van der Waals surface area (Å²) in [6.07, 6.45) is 6.46. The van der Waals surface area contributed by atoms with E-state index in [4.69, 9.17) is 0 Å². The quantitative estimate of drug-likeness (QED) is 0.570. The molecule has 1 aromatic rings. The Labute approximate surface area is 128 Å². The summed E-state index contributed by atoms with van der Waals surface area (Å²) in [5.74, 6) is 1.31. The zero-order valence-corrected chi connectivity index (χ0v) is 13.5. The molecule has 3 heterocycles. The number of allylic oxidation sites excluding steroid dienone is 2. The molecule has 2 unspecified atom stereocenters. The molecular weight excluding hydrogens is 379 g/mol. The summed E-state index contributed by atoms with van der Waals surface area (Å²) >= 11 is 5.99. The van der Waals surface area contributed by atoms with Crippen molar-refractivity contribution in [1.82, 2.24) is 20.4 Å². The molecule has 0 bridgehead atoms. The summed E-state index contributed by atoms with van der Waals surface area (Å²) in [5, 5.41) is 17.4. The molecule has 18 heavy (non-hydrogen) atoms. The van der Waals surface area contributed by atoms with E-state index in [-0.39, 0.29) is 0 Å². The predicted octanol–water partition coefficient (Wildman–Crippen LogP) is 3.37. The molecule has 0 fully saturated rings. The number of hydrogen-bond acceptors (Lipinski definition) is 6. The fourth-order valence-electron chi connectivity index (χ4n) is 1.73. The second-order valence-corrected chi connectivity index (χ2v) is 9.19. The largest absolute Gasteiger partial charge is 0.209 e. The lowest BCUT2D eigenvalue weighted by Crippen LogP contribution is -2.02. The van der Waals surface area contributed by atoms with Crippen molar-refractivity contribution < 1.29 is 0 Å². The Balaban J connectivity index is 1.77. The Bertz CT molecular complexity index is 467. The van der Waals surface area contributed by atoms with Crippen LogP contribution in [0.3, 0.4) is 0 Å². The molecule has 94 valence electrons. The van der Waals surface area contributed by atoms with E-state index in [1.165, 1.54) is 0 Å². The highest BCUT2D eigenvalue weighted by atomic mass is 127. The van der Waals surface area contributed by atoms with Gasteiger partial charge in [0.25, 0.3) is 0 Å². The molecule has 0 N–H and O–H groups in total. The zero-order chi connectivity index (χ0) is 12.5. The Kier molecular flexibility index (Phi) is 3.90. The van der Waals surface area contributed by atoms with Gasteiger partial charge >= 0.3 is 0 Å². The smallest absolute Gasteiger partial charge is 0.125 e. The van der Waals surface area contributed by atoms with Crippen molar-refractivity contribution in [2.45, 2.75) is 28.3 Å². The molecule has 2 atom stereocenters. The molecule has 1 aromatic heterocycles. The first-order valence-electron chi connectivity index (χ1n) is 5.68. The highest BCUT2D eigenvalue weighted by molar-refractivity contribution is 14.1. The summed E-state index contributed by atoms with van der Waals surface area (Å²) in [7, 11) is 0. The van der Waals surface area contributed by atoms with Crippen LogP contribution in [-0.2, 0) is 0 Å². The molecular formula is C11H11IN4S2. The van der Waals surface area contributed by atoms with Gasteiger partial charge in [-0.1, -0.05) is 41.7 Å². The average molecular weight is 390 g/mol. The van der Waals surface area contributed by atoms with Crippen LogP contribution in [0.5, 0.6) is 0 Å². The molecule has 0 amide bonds. The van der Waals surface area contributed by atoms with Gasteiger partial charge in [0, 0.05) is 5.25 Å². The van der Waals surface area contributed by atoms with Crippen LogP contribution in [0.25, 0.3) is 9.81 Å². The Morgan fingerprint density at radius 3 is 2.00 bits per heavy atom. The number of rotatable bonds is 2. The van der Waals surface area contributed by atoms with Gasteiger partial charge < -0.3 is 0 Å². The van der Waals surface area contributed by atoms with Crippen LogP contribution in [0.2, 0.25) is 0 Å². The van der Waals surface area contributed by atoms with E-state index in [1.807, 2.05) is 0 Å². The minimum atomic E-state index is 0.579. The normalized spacial score (nSPS) is 27.2. The van der Waals surface area contributed by atoms with E-state index in [1.54, 1.807) is 23.5 Å². The average Bonchev–Trinajstić information content (AvgIpc) is 2.98. The van der Waals surface area contributed by atoms with E-state index >= 15 is 0 Å². The van der Waals surface area contributed by atoms with E-state index < -0.39 is 0 Å². The van der Waals surface area contributed by atoms with Crippen LogP contribution in [-0.4, -0.2) is 28.9 Å². The molecule has 0 spiro atoms. The van der Waals surface area contributed by atoms with Crippen molar-refractivity contribution in [3.8, 4) is 0 Å². The van der Waals surface area contributed by atoms with Gasteiger partial charge in [-0.25, -0.2) is 0 Å². The lowest BCUT2D eigenvalue weighted by Gasteiger charge is -2.03. The van der Waals surface area contributed by atoms with Crippen LogP contribution >= 0.6 is 46.1 Å². The third-order valence-corrected chi connectivity index (χ3v) is 6.15. The fourth-order valence-corrected chi connectivity index (χ4v) is 4.66. The van der Waals surface area contributed by atoms with Gasteiger partial charge in [0.1, 0.15) is 0 Å². The molecule has 0 saturated carbocycles. The van der Waals surface area contributed by atoms with Gasteiger partial charge in [0.15, 0.2) is 0 Å². The van der Waals surface area contributed by atoms with E-state index in [9.17, 15) is 0 Å². The first-order chi connectivity index (χ1) is 8.72. The highest BCUT2D eigenvalue weighted by Crippen LogP contribution is 2.41. The molecule has 3 rings (SSSR count). The molecule has 0 aromatic carbocycles. The molecule has 7 heteroatoms. The van der Waals surface area contributed by atoms with Crippen molar-refractivity contribution in [3.05, 3.63) is 23.8 Å². The zero-order valence-electron chi connectivity index (χ0n) is 9.71. The number of hydrogen-bond donors (Lipinski definition) is 0. The number of nitrogens with zero attached hydrogens (tertiary/aromatic N) is 4. The van der Waals surface area contributed by atoms with Crippen molar-refractivity contribution in [2.24, 2.45) is 0 Å². The lowest BCUT2D eigenvalue weighted by atomic mass is 10.3. The van der Waals surface area contributed by atoms with E-state index in [0.29, 0.717) is 20.2 Å². The third kappa shape index (κ3) is 2.72. The second-order valence-electron chi connectivity index (χ2n) is 4.11. The standard InChI is InChI=1S/C11H11IN4S2/c1-6-2-3-7(17-6)10-13-15-11(16-14-10)8-4-5-9(12)18-8/h3-4,6,9H,2,5H2,1H3. The summed E-state index contributed by atoms with van der Waals surface area (Å²) in [4.78, 5) is 2.20. The van der Waals surface area contributed by atoms with Gasteiger partial charge in [-0.05, 0) is 12.8 Å². The molecule has 0 radical (unpaired) electrons. The van der Waals surface area contributed by atoms with Crippen LogP contribution in [0.1, 0.15) is 31.4 Å². The van der Waals surface area contributed by atoms with Gasteiger partial charge in [-0.15, -0.1) is 43.9 Å². The van der Waals surface area contributed by atoms with E-state index in [2.05, 4.69) is 62.1 Å². The first kappa shape index (κ1) is 12.9. The fraction of sp³-hybridized carbons (Fsp3) is 0.455. The van der Waals surface area contributed by atoms with Crippen LogP contribution in [0.4, 0.5) is 0 Å². The maximum atomic E-state index is 4.20. The number of aromatic nitrogens is 4. The summed E-state index contributed by atoms with van der Waals surface area (Å²) in [5.41, 5.74) is 0. The van der Waals surface area contributed by atoms with Crippen molar-refractivity contribution in [3.63, 3.8) is 0 Å². The van der Waals surface area contributed by atoms with Gasteiger partial charge in [0.05, 0.1) is 13.1 Å². The minimum Gasteiger partial charge on any atom is -0.125 e. The highest BCUT2D eigenvalue weighted by Gasteiger charge is 2.21. The molecule has 0 saturated heterocycles. The predicted molar refractivity (Wildman–Crippen MR) is 85.3 cm³/mol. The van der Waals surface area contributed by atoms with Gasteiger partial charge in [-0.2, -0.15) is 0 Å². The second kappa shape index (κ2) is 5.46. The summed E-state index contributed by atoms with van der Waals surface area (Å²) in [6.45, 7) is 2.20. The number of thioether (sulfide) groups is 2.